The average molecular weight is 315 g/mol. The van der Waals surface area contributed by atoms with Gasteiger partial charge in [0, 0.05) is 23.6 Å². The molecule has 1 aliphatic rings. The lowest BCUT2D eigenvalue weighted by atomic mass is 10.1. The summed E-state index contributed by atoms with van der Waals surface area (Å²) >= 11 is 6.15. The largest absolute Gasteiger partial charge is 0.376 e. The van der Waals surface area contributed by atoms with Gasteiger partial charge in [0.05, 0.1) is 18.9 Å². The quantitative estimate of drug-likeness (QED) is 0.939. The van der Waals surface area contributed by atoms with E-state index < -0.39 is 0 Å². The Labute approximate surface area is 133 Å². The molecule has 0 amide bonds. The SMILES string of the molecule is N#Cc1nc2c(c(NCCc3ccccc3Cl)n1)COCC2. The number of hydrogen-bond acceptors (Lipinski definition) is 5. The highest BCUT2D eigenvalue weighted by Gasteiger charge is 2.18. The third kappa shape index (κ3) is 3.19. The molecule has 0 unspecified atom stereocenters. The van der Waals surface area contributed by atoms with Gasteiger partial charge in [-0.05, 0) is 18.1 Å². The highest BCUT2D eigenvalue weighted by Crippen LogP contribution is 2.22. The summed E-state index contributed by atoms with van der Waals surface area (Å²) < 4.78 is 5.47. The number of benzene rings is 1. The minimum Gasteiger partial charge on any atom is -0.376 e. The van der Waals surface area contributed by atoms with Crippen LogP contribution in [0.2, 0.25) is 5.02 Å². The second-order valence-electron chi connectivity index (χ2n) is 5.00. The number of rotatable bonds is 4. The van der Waals surface area contributed by atoms with Crippen LogP contribution in [0.3, 0.4) is 0 Å². The van der Waals surface area contributed by atoms with Crippen LogP contribution < -0.4 is 5.32 Å². The van der Waals surface area contributed by atoms with Crippen LogP contribution in [-0.2, 0) is 24.2 Å². The van der Waals surface area contributed by atoms with E-state index in [0.717, 1.165) is 28.3 Å². The molecule has 112 valence electrons. The fourth-order valence-corrected chi connectivity index (χ4v) is 2.68. The van der Waals surface area contributed by atoms with Gasteiger partial charge in [-0.3, -0.25) is 0 Å². The number of aromatic nitrogens is 2. The number of ether oxygens (including phenoxy) is 1. The first-order valence-corrected chi connectivity index (χ1v) is 7.50. The maximum Gasteiger partial charge on any atom is 0.234 e. The van der Waals surface area contributed by atoms with Crippen molar-refractivity contribution in [2.75, 3.05) is 18.5 Å². The molecule has 0 fully saturated rings. The zero-order chi connectivity index (χ0) is 15.4. The van der Waals surface area contributed by atoms with Gasteiger partial charge in [0.15, 0.2) is 0 Å². The molecule has 0 aliphatic carbocycles. The van der Waals surface area contributed by atoms with E-state index in [1.165, 1.54) is 0 Å². The molecule has 5 nitrogen and oxygen atoms in total. The van der Waals surface area contributed by atoms with E-state index in [1.54, 1.807) is 0 Å². The Morgan fingerprint density at radius 2 is 2.18 bits per heavy atom. The molecule has 2 heterocycles. The molecule has 0 saturated carbocycles. The Balaban J connectivity index is 1.75. The third-order valence-corrected chi connectivity index (χ3v) is 3.94. The van der Waals surface area contributed by atoms with E-state index >= 15 is 0 Å². The lowest BCUT2D eigenvalue weighted by molar-refractivity contribution is 0.109. The fraction of sp³-hybridized carbons (Fsp3) is 0.312. The third-order valence-electron chi connectivity index (χ3n) is 3.57. The van der Waals surface area contributed by atoms with Gasteiger partial charge < -0.3 is 10.1 Å². The van der Waals surface area contributed by atoms with Gasteiger partial charge in [-0.15, -0.1) is 0 Å². The second-order valence-corrected chi connectivity index (χ2v) is 5.41. The monoisotopic (exact) mass is 314 g/mol. The molecule has 0 saturated heterocycles. The molecule has 3 rings (SSSR count). The van der Waals surface area contributed by atoms with Crippen LogP contribution in [0.5, 0.6) is 0 Å². The number of nitrogens with one attached hydrogen (secondary N) is 1. The second kappa shape index (κ2) is 6.73. The molecule has 0 bridgehead atoms. The molecular formula is C16H15ClN4O. The van der Waals surface area contributed by atoms with Crippen molar-refractivity contribution in [1.29, 1.82) is 5.26 Å². The smallest absolute Gasteiger partial charge is 0.234 e. The summed E-state index contributed by atoms with van der Waals surface area (Å²) in [5.74, 6) is 0.884. The predicted octanol–water partition coefficient (Wildman–Crippen LogP) is 2.73. The summed E-state index contributed by atoms with van der Waals surface area (Å²) in [5, 5.41) is 13.1. The van der Waals surface area contributed by atoms with E-state index in [9.17, 15) is 0 Å². The zero-order valence-electron chi connectivity index (χ0n) is 12.0. The van der Waals surface area contributed by atoms with Gasteiger partial charge in [-0.2, -0.15) is 5.26 Å². The van der Waals surface area contributed by atoms with Crippen molar-refractivity contribution in [2.45, 2.75) is 19.4 Å². The van der Waals surface area contributed by atoms with Gasteiger partial charge in [0.25, 0.3) is 0 Å². The summed E-state index contributed by atoms with van der Waals surface area (Å²) in [5.41, 5.74) is 2.93. The summed E-state index contributed by atoms with van der Waals surface area (Å²) in [4.78, 5) is 8.52. The Kier molecular flexibility index (Phi) is 4.52. The average Bonchev–Trinajstić information content (AvgIpc) is 2.56. The fourth-order valence-electron chi connectivity index (χ4n) is 2.44. The number of nitrogens with zero attached hydrogens (tertiary/aromatic N) is 3. The van der Waals surface area contributed by atoms with Gasteiger partial charge >= 0.3 is 0 Å². The maximum absolute atomic E-state index is 9.05. The zero-order valence-corrected chi connectivity index (χ0v) is 12.7. The van der Waals surface area contributed by atoms with Gasteiger partial charge in [-0.1, -0.05) is 29.8 Å². The molecule has 0 spiro atoms. The number of hydrogen-bond donors (Lipinski definition) is 1. The summed E-state index contributed by atoms with van der Waals surface area (Å²) in [6, 6.07) is 9.77. The molecule has 1 N–H and O–H groups in total. The highest BCUT2D eigenvalue weighted by molar-refractivity contribution is 6.31. The maximum atomic E-state index is 9.05. The Bertz CT molecular complexity index is 727. The van der Waals surface area contributed by atoms with Crippen LogP contribution in [-0.4, -0.2) is 23.1 Å². The molecule has 1 aromatic heterocycles. The minimum absolute atomic E-state index is 0.195. The molecule has 0 radical (unpaired) electrons. The lowest BCUT2D eigenvalue weighted by Crippen LogP contribution is -2.18. The topological polar surface area (TPSA) is 70.8 Å². The summed E-state index contributed by atoms with van der Waals surface area (Å²) in [6.45, 7) is 1.79. The first kappa shape index (κ1) is 14.8. The van der Waals surface area contributed by atoms with Crippen molar-refractivity contribution in [3.8, 4) is 6.07 Å². The van der Waals surface area contributed by atoms with Crippen molar-refractivity contribution in [3.63, 3.8) is 0 Å². The molecular weight excluding hydrogens is 300 g/mol. The Morgan fingerprint density at radius 1 is 1.32 bits per heavy atom. The van der Waals surface area contributed by atoms with Crippen molar-refractivity contribution in [1.82, 2.24) is 9.97 Å². The van der Waals surface area contributed by atoms with Gasteiger partial charge in [0.1, 0.15) is 11.9 Å². The number of halogens is 1. The van der Waals surface area contributed by atoms with Crippen LogP contribution >= 0.6 is 11.6 Å². The van der Waals surface area contributed by atoms with Crippen molar-refractivity contribution >= 4 is 17.4 Å². The minimum atomic E-state index is 0.195. The van der Waals surface area contributed by atoms with Crippen molar-refractivity contribution in [2.24, 2.45) is 0 Å². The number of nitriles is 1. The molecule has 0 atom stereocenters. The molecule has 2 aromatic rings. The van der Waals surface area contributed by atoms with Crippen molar-refractivity contribution in [3.05, 3.63) is 51.9 Å². The molecule has 22 heavy (non-hydrogen) atoms. The standard InChI is InChI=1S/C16H15ClN4O/c17-13-4-2-1-3-11(13)5-7-19-16-12-10-22-8-6-14(12)20-15(9-18)21-16/h1-4H,5-8,10H2,(H,19,20,21). The van der Waals surface area contributed by atoms with E-state index in [4.69, 9.17) is 21.6 Å². The highest BCUT2D eigenvalue weighted by atomic mass is 35.5. The Hall–Kier alpha value is -2.16. The summed E-state index contributed by atoms with van der Waals surface area (Å²) in [7, 11) is 0. The molecule has 6 heteroatoms. The van der Waals surface area contributed by atoms with Gasteiger partial charge in [-0.25, -0.2) is 9.97 Å². The van der Waals surface area contributed by atoms with E-state index in [-0.39, 0.29) is 5.82 Å². The van der Waals surface area contributed by atoms with Crippen molar-refractivity contribution < 1.29 is 4.74 Å². The molecule has 1 aromatic carbocycles. The number of fused-ring (bicyclic) bond motifs is 1. The normalized spacial score (nSPS) is 13.3. The van der Waals surface area contributed by atoms with E-state index in [1.807, 2.05) is 30.3 Å². The lowest BCUT2D eigenvalue weighted by Gasteiger charge is -2.19. The van der Waals surface area contributed by atoms with E-state index in [0.29, 0.717) is 32.0 Å². The molecule has 1 aliphatic heterocycles. The first-order chi connectivity index (χ1) is 10.8. The van der Waals surface area contributed by atoms with Crippen LogP contribution in [0, 0.1) is 11.3 Å². The first-order valence-electron chi connectivity index (χ1n) is 7.13. The Morgan fingerprint density at radius 3 is 3.00 bits per heavy atom. The predicted molar refractivity (Wildman–Crippen MR) is 83.8 cm³/mol. The van der Waals surface area contributed by atoms with Gasteiger partial charge in [0.2, 0.25) is 5.82 Å². The number of anilines is 1. The van der Waals surface area contributed by atoms with Crippen LogP contribution in [0.1, 0.15) is 22.6 Å². The van der Waals surface area contributed by atoms with Crippen LogP contribution in [0.4, 0.5) is 5.82 Å². The summed E-state index contributed by atoms with van der Waals surface area (Å²) in [6.07, 6.45) is 1.49. The van der Waals surface area contributed by atoms with E-state index in [2.05, 4.69) is 15.3 Å². The van der Waals surface area contributed by atoms with Crippen LogP contribution in [0.25, 0.3) is 0 Å². The van der Waals surface area contributed by atoms with Crippen LogP contribution in [0.15, 0.2) is 24.3 Å².